The molecule has 0 spiro atoms. The predicted octanol–water partition coefficient (Wildman–Crippen LogP) is 0.704. The number of aliphatic hydroxyl groups excluding tert-OH is 1. The normalized spacial score (nSPS) is 13.4. The first-order valence-corrected chi connectivity index (χ1v) is 4.36. The number of rotatable bonds is 3. The minimum Gasteiger partial charge on any atom is -0.385 e. The van der Waals surface area contributed by atoms with Gasteiger partial charge in [-0.15, -0.1) is 11.3 Å². The molecule has 0 aliphatic heterocycles. The Labute approximate surface area is 70.1 Å². The van der Waals surface area contributed by atoms with Crippen molar-refractivity contribution in [3.63, 3.8) is 0 Å². The molecule has 0 saturated heterocycles. The number of thiazole rings is 1. The minimum absolute atomic E-state index is 0.468. The van der Waals surface area contributed by atoms with Crippen LogP contribution in [0.3, 0.4) is 0 Å². The van der Waals surface area contributed by atoms with Crippen LogP contribution in [0, 0.1) is 6.92 Å². The van der Waals surface area contributed by atoms with Crippen molar-refractivity contribution >= 4 is 11.3 Å². The third-order valence-corrected chi connectivity index (χ3v) is 2.17. The summed E-state index contributed by atoms with van der Waals surface area (Å²) in [5, 5.41) is 15.2. The maximum atomic E-state index is 9.42. The second kappa shape index (κ2) is 3.80. The molecule has 0 aromatic carbocycles. The van der Waals surface area contributed by atoms with Crippen LogP contribution in [0.1, 0.15) is 16.8 Å². The Balaban J connectivity index is 2.60. The second-order valence-electron chi connectivity index (χ2n) is 2.36. The molecule has 1 aromatic rings. The van der Waals surface area contributed by atoms with Crippen molar-refractivity contribution in [3.05, 3.63) is 16.1 Å². The molecule has 1 aromatic heterocycles. The van der Waals surface area contributed by atoms with Gasteiger partial charge in [-0.05, 0) is 14.0 Å². The molecule has 0 amide bonds. The fourth-order valence-electron chi connectivity index (χ4n) is 0.831. The van der Waals surface area contributed by atoms with Gasteiger partial charge in [-0.25, -0.2) is 4.98 Å². The molecule has 62 valence electrons. The molecule has 1 rings (SSSR count). The fraction of sp³-hybridized carbons (Fsp3) is 0.571. The van der Waals surface area contributed by atoms with Crippen molar-refractivity contribution in [3.8, 4) is 0 Å². The van der Waals surface area contributed by atoms with Crippen molar-refractivity contribution < 1.29 is 5.11 Å². The molecular formula is C7H12N2OS. The summed E-state index contributed by atoms with van der Waals surface area (Å²) in [5.74, 6) is 0. The van der Waals surface area contributed by atoms with Crippen LogP contribution in [0.15, 0.2) is 5.38 Å². The van der Waals surface area contributed by atoms with Crippen molar-refractivity contribution in [2.24, 2.45) is 0 Å². The summed E-state index contributed by atoms with van der Waals surface area (Å²) < 4.78 is 0. The summed E-state index contributed by atoms with van der Waals surface area (Å²) in [7, 11) is 1.81. The first kappa shape index (κ1) is 8.64. The highest BCUT2D eigenvalue weighted by Crippen LogP contribution is 2.14. The number of aromatic nitrogens is 1. The van der Waals surface area contributed by atoms with Crippen LogP contribution in [0.5, 0.6) is 0 Å². The predicted molar refractivity (Wildman–Crippen MR) is 45.7 cm³/mol. The second-order valence-corrected chi connectivity index (χ2v) is 3.43. The van der Waals surface area contributed by atoms with E-state index in [9.17, 15) is 5.11 Å². The van der Waals surface area contributed by atoms with E-state index in [-0.39, 0.29) is 0 Å². The van der Waals surface area contributed by atoms with Gasteiger partial charge < -0.3 is 10.4 Å². The lowest BCUT2D eigenvalue weighted by molar-refractivity contribution is 0.173. The zero-order valence-electron chi connectivity index (χ0n) is 6.66. The molecule has 2 N–H and O–H groups in total. The number of hydrogen-bond acceptors (Lipinski definition) is 4. The first-order chi connectivity index (χ1) is 5.24. The Morgan fingerprint density at radius 3 is 3.00 bits per heavy atom. The standard InChI is InChI=1S/C7H12N2OS/c1-5-9-6(4-11-5)7(10)3-8-2/h4,7-8,10H,3H2,1-2H3. The molecule has 11 heavy (non-hydrogen) atoms. The van der Waals surface area contributed by atoms with Crippen LogP contribution in [0.2, 0.25) is 0 Å². The lowest BCUT2D eigenvalue weighted by Gasteiger charge is -2.04. The molecule has 0 saturated carbocycles. The maximum Gasteiger partial charge on any atom is 0.109 e. The highest BCUT2D eigenvalue weighted by atomic mass is 32.1. The van der Waals surface area contributed by atoms with E-state index < -0.39 is 6.10 Å². The molecule has 1 atom stereocenters. The van der Waals surface area contributed by atoms with Crippen LogP contribution in [-0.4, -0.2) is 23.7 Å². The summed E-state index contributed by atoms with van der Waals surface area (Å²) in [5.41, 5.74) is 0.766. The van der Waals surface area contributed by atoms with Crippen LogP contribution in [0.25, 0.3) is 0 Å². The molecule has 0 bridgehead atoms. The maximum absolute atomic E-state index is 9.42. The van der Waals surface area contributed by atoms with E-state index in [2.05, 4.69) is 10.3 Å². The number of hydrogen-bond donors (Lipinski definition) is 2. The van der Waals surface area contributed by atoms with Crippen molar-refractivity contribution in [2.75, 3.05) is 13.6 Å². The lowest BCUT2D eigenvalue weighted by atomic mass is 10.3. The highest BCUT2D eigenvalue weighted by molar-refractivity contribution is 7.09. The van der Waals surface area contributed by atoms with Crippen LogP contribution >= 0.6 is 11.3 Å². The SMILES string of the molecule is CNCC(O)c1csc(C)n1. The molecule has 1 unspecified atom stereocenters. The van der Waals surface area contributed by atoms with Gasteiger partial charge >= 0.3 is 0 Å². The van der Waals surface area contributed by atoms with Gasteiger partial charge in [0.25, 0.3) is 0 Å². The third kappa shape index (κ3) is 2.25. The van der Waals surface area contributed by atoms with Crippen LogP contribution in [-0.2, 0) is 0 Å². The van der Waals surface area contributed by atoms with E-state index in [0.717, 1.165) is 10.7 Å². The summed E-state index contributed by atoms with van der Waals surface area (Å²) in [6, 6.07) is 0. The number of nitrogens with one attached hydrogen (secondary N) is 1. The largest absolute Gasteiger partial charge is 0.385 e. The number of aliphatic hydroxyl groups is 1. The lowest BCUT2D eigenvalue weighted by Crippen LogP contribution is -2.16. The molecule has 0 aliphatic carbocycles. The van der Waals surface area contributed by atoms with E-state index in [0.29, 0.717) is 6.54 Å². The van der Waals surface area contributed by atoms with Gasteiger partial charge in [-0.2, -0.15) is 0 Å². The highest BCUT2D eigenvalue weighted by Gasteiger charge is 2.08. The molecular weight excluding hydrogens is 160 g/mol. The Morgan fingerprint density at radius 1 is 1.82 bits per heavy atom. The summed E-state index contributed by atoms with van der Waals surface area (Å²) in [4.78, 5) is 4.16. The fourth-order valence-corrected chi connectivity index (χ4v) is 1.49. The number of nitrogens with zero attached hydrogens (tertiary/aromatic N) is 1. The quantitative estimate of drug-likeness (QED) is 0.705. The van der Waals surface area contributed by atoms with Gasteiger partial charge in [0.2, 0.25) is 0 Å². The summed E-state index contributed by atoms with van der Waals surface area (Å²) in [6.45, 7) is 2.49. The molecule has 4 heteroatoms. The van der Waals surface area contributed by atoms with Gasteiger partial charge in [0.15, 0.2) is 0 Å². The van der Waals surface area contributed by atoms with Crippen LogP contribution in [0.4, 0.5) is 0 Å². The van der Waals surface area contributed by atoms with Gasteiger partial charge in [0.05, 0.1) is 10.7 Å². The Hall–Kier alpha value is -0.450. The number of likely N-dealkylation sites (N-methyl/N-ethyl adjacent to an activating group) is 1. The minimum atomic E-state index is -0.468. The Morgan fingerprint density at radius 2 is 2.55 bits per heavy atom. The smallest absolute Gasteiger partial charge is 0.109 e. The average molecular weight is 172 g/mol. The molecule has 0 aliphatic rings. The van der Waals surface area contributed by atoms with E-state index in [1.54, 1.807) is 11.3 Å². The average Bonchev–Trinajstić information content (AvgIpc) is 2.36. The monoisotopic (exact) mass is 172 g/mol. The van der Waals surface area contributed by atoms with E-state index in [4.69, 9.17) is 0 Å². The van der Waals surface area contributed by atoms with E-state index in [1.807, 2.05) is 19.4 Å². The van der Waals surface area contributed by atoms with Crippen molar-refractivity contribution in [2.45, 2.75) is 13.0 Å². The molecule has 0 fully saturated rings. The topological polar surface area (TPSA) is 45.1 Å². The zero-order valence-corrected chi connectivity index (χ0v) is 7.48. The van der Waals surface area contributed by atoms with Crippen molar-refractivity contribution in [1.82, 2.24) is 10.3 Å². The van der Waals surface area contributed by atoms with Gasteiger partial charge in [0.1, 0.15) is 6.10 Å². The van der Waals surface area contributed by atoms with Crippen molar-refractivity contribution in [1.29, 1.82) is 0 Å². The first-order valence-electron chi connectivity index (χ1n) is 3.48. The van der Waals surface area contributed by atoms with E-state index in [1.165, 1.54) is 0 Å². The summed E-state index contributed by atoms with van der Waals surface area (Å²) >= 11 is 1.56. The Kier molecular flexibility index (Phi) is 2.99. The molecule has 1 heterocycles. The zero-order chi connectivity index (χ0) is 8.27. The third-order valence-electron chi connectivity index (χ3n) is 1.38. The summed E-state index contributed by atoms with van der Waals surface area (Å²) in [6.07, 6.45) is -0.468. The Bertz CT molecular complexity index is 224. The van der Waals surface area contributed by atoms with E-state index >= 15 is 0 Å². The van der Waals surface area contributed by atoms with Gasteiger partial charge in [0, 0.05) is 11.9 Å². The van der Waals surface area contributed by atoms with Gasteiger partial charge in [-0.3, -0.25) is 0 Å². The molecule has 3 nitrogen and oxygen atoms in total. The van der Waals surface area contributed by atoms with Crippen LogP contribution < -0.4 is 5.32 Å². The van der Waals surface area contributed by atoms with Gasteiger partial charge in [-0.1, -0.05) is 0 Å². The number of aryl methyl sites for hydroxylation is 1. The molecule has 0 radical (unpaired) electrons.